The molecule has 0 aliphatic carbocycles. The van der Waals surface area contributed by atoms with Crippen LogP contribution < -0.4 is 0 Å². The lowest BCUT2D eigenvalue weighted by atomic mass is 10.1. The van der Waals surface area contributed by atoms with Crippen LogP contribution in [0.2, 0.25) is 10.0 Å². The van der Waals surface area contributed by atoms with Crippen molar-refractivity contribution in [3.63, 3.8) is 0 Å². The smallest absolute Gasteiger partial charge is 0.245 e. The van der Waals surface area contributed by atoms with Crippen LogP contribution in [-0.2, 0) is 11.2 Å². The predicted molar refractivity (Wildman–Crippen MR) is 114 cm³/mol. The Labute approximate surface area is 179 Å². The van der Waals surface area contributed by atoms with Gasteiger partial charge < -0.3 is 9.47 Å². The van der Waals surface area contributed by atoms with Crippen LogP contribution in [0.1, 0.15) is 43.6 Å². The maximum atomic E-state index is 14.3. The maximum Gasteiger partial charge on any atom is 0.245 e. The summed E-state index contributed by atoms with van der Waals surface area (Å²) in [5.74, 6) is 0.411. The molecule has 0 saturated carbocycles. The quantitative estimate of drug-likeness (QED) is 0.521. The van der Waals surface area contributed by atoms with Crippen molar-refractivity contribution in [2.45, 2.75) is 38.6 Å². The molecule has 4 nitrogen and oxygen atoms in total. The summed E-state index contributed by atoms with van der Waals surface area (Å²) in [6.07, 6.45) is 2.93. The first-order valence-electron chi connectivity index (χ1n) is 9.87. The predicted octanol–water partition coefficient (Wildman–Crippen LogP) is 5.65. The van der Waals surface area contributed by atoms with Crippen molar-refractivity contribution < 1.29 is 9.18 Å². The molecular formula is C22H22Cl2FN3O. The monoisotopic (exact) mass is 433 g/mol. The van der Waals surface area contributed by atoms with Crippen molar-refractivity contribution in [3.8, 4) is 0 Å². The lowest BCUT2D eigenvalue weighted by Gasteiger charge is -2.25. The number of nitrogens with zero attached hydrogens (tertiary/aromatic N) is 3. The van der Waals surface area contributed by atoms with Crippen LogP contribution in [0.5, 0.6) is 0 Å². The Morgan fingerprint density at radius 3 is 2.55 bits per heavy atom. The third-order valence-electron chi connectivity index (χ3n) is 5.51. The van der Waals surface area contributed by atoms with E-state index in [1.54, 1.807) is 30.3 Å². The van der Waals surface area contributed by atoms with E-state index in [0.717, 1.165) is 31.4 Å². The summed E-state index contributed by atoms with van der Waals surface area (Å²) < 4.78 is 16.2. The highest BCUT2D eigenvalue weighted by Crippen LogP contribution is 2.33. The highest BCUT2D eigenvalue weighted by atomic mass is 35.5. The average Bonchev–Trinajstić information content (AvgIpc) is 3.34. The number of aromatic nitrogens is 2. The molecule has 1 aliphatic heterocycles. The third kappa shape index (κ3) is 3.86. The standard InChI is InChI=1S/C22H22Cl2FN3O/c1-2-19(22(29)27-9-5-6-10-27)28-20-13-16(24)15(23)12-18(20)26-21(28)11-14-7-3-4-8-17(14)25/h3-4,7-8,12-13,19H,2,5-6,9-11H2,1H3. The number of benzene rings is 2. The second kappa shape index (κ2) is 8.33. The van der Waals surface area contributed by atoms with Gasteiger partial charge in [-0.15, -0.1) is 0 Å². The van der Waals surface area contributed by atoms with E-state index < -0.39 is 6.04 Å². The van der Waals surface area contributed by atoms with Gasteiger partial charge in [0.15, 0.2) is 0 Å². The molecule has 2 heterocycles. The van der Waals surface area contributed by atoms with Gasteiger partial charge in [-0.1, -0.05) is 48.3 Å². The average molecular weight is 434 g/mol. The minimum atomic E-state index is -0.419. The van der Waals surface area contributed by atoms with Gasteiger partial charge in [0.2, 0.25) is 5.91 Å². The minimum Gasteiger partial charge on any atom is -0.341 e. The molecule has 1 amide bonds. The SMILES string of the molecule is CCC(C(=O)N1CCCC1)n1c(Cc2ccccc2F)nc2cc(Cl)c(Cl)cc21. The Kier molecular flexibility index (Phi) is 5.79. The van der Waals surface area contributed by atoms with E-state index in [2.05, 4.69) is 0 Å². The fourth-order valence-electron chi connectivity index (χ4n) is 4.04. The van der Waals surface area contributed by atoms with Gasteiger partial charge in [-0.2, -0.15) is 0 Å². The van der Waals surface area contributed by atoms with Gasteiger partial charge in [-0.3, -0.25) is 4.79 Å². The second-order valence-corrected chi connectivity index (χ2v) is 8.19. The molecule has 1 atom stereocenters. The molecule has 2 aromatic carbocycles. The van der Waals surface area contributed by atoms with Gasteiger partial charge >= 0.3 is 0 Å². The fourth-order valence-corrected chi connectivity index (χ4v) is 4.36. The highest BCUT2D eigenvalue weighted by molar-refractivity contribution is 6.42. The van der Waals surface area contributed by atoms with E-state index in [9.17, 15) is 9.18 Å². The van der Waals surface area contributed by atoms with Crippen molar-refractivity contribution in [2.75, 3.05) is 13.1 Å². The molecule has 7 heteroatoms. The number of rotatable bonds is 5. The molecule has 0 N–H and O–H groups in total. The lowest BCUT2D eigenvalue weighted by Crippen LogP contribution is -2.35. The number of carbonyl (C=O) groups is 1. The molecule has 0 spiro atoms. The third-order valence-corrected chi connectivity index (χ3v) is 6.23. The minimum absolute atomic E-state index is 0.0742. The van der Waals surface area contributed by atoms with Crippen molar-refractivity contribution >= 4 is 40.1 Å². The van der Waals surface area contributed by atoms with E-state index in [0.29, 0.717) is 33.4 Å². The molecule has 152 valence electrons. The molecule has 3 aromatic rings. The van der Waals surface area contributed by atoms with Gasteiger partial charge in [0.25, 0.3) is 0 Å². The number of fused-ring (bicyclic) bond motifs is 1. The first-order chi connectivity index (χ1) is 14.0. The Morgan fingerprint density at radius 1 is 1.17 bits per heavy atom. The molecule has 0 bridgehead atoms. The van der Waals surface area contributed by atoms with E-state index in [4.69, 9.17) is 28.2 Å². The van der Waals surface area contributed by atoms with Crippen LogP contribution in [0.3, 0.4) is 0 Å². The summed E-state index contributed by atoms with van der Waals surface area (Å²) in [6.45, 7) is 3.53. The fraction of sp³-hybridized carbons (Fsp3) is 0.364. The largest absolute Gasteiger partial charge is 0.341 e. The van der Waals surface area contributed by atoms with Crippen molar-refractivity contribution in [3.05, 3.63) is 63.6 Å². The van der Waals surface area contributed by atoms with Gasteiger partial charge in [-0.25, -0.2) is 9.37 Å². The molecule has 1 aromatic heterocycles. The van der Waals surface area contributed by atoms with Gasteiger partial charge in [0.1, 0.15) is 17.7 Å². The zero-order valence-electron chi connectivity index (χ0n) is 16.2. The molecule has 1 unspecified atom stereocenters. The van der Waals surface area contributed by atoms with Crippen LogP contribution in [0.25, 0.3) is 11.0 Å². The van der Waals surface area contributed by atoms with Crippen molar-refractivity contribution in [1.29, 1.82) is 0 Å². The van der Waals surface area contributed by atoms with Crippen molar-refractivity contribution in [2.24, 2.45) is 0 Å². The van der Waals surface area contributed by atoms with Crippen molar-refractivity contribution in [1.82, 2.24) is 14.5 Å². The van der Waals surface area contributed by atoms with E-state index in [1.807, 2.05) is 16.4 Å². The summed E-state index contributed by atoms with van der Waals surface area (Å²) in [7, 11) is 0. The molecule has 29 heavy (non-hydrogen) atoms. The highest BCUT2D eigenvalue weighted by Gasteiger charge is 2.30. The Balaban J connectivity index is 1.85. The van der Waals surface area contributed by atoms with Crippen LogP contribution >= 0.6 is 23.2 Å². The normalized spacial score (nSPS) is 15.2. The first-order valence-corrected chi connectivity index (χ1v) is 10.6. The number of hydrogen-bond acceptors (Lipinski definition) is 2. The first kappa shape index (κ1) is 20.2. The van der Waals surface area contributed by atoms with E-state index >= 15 is 0 Å². The molecular weight excluding hydrogens is 412 g/mol. The van der Waals surface area contributed by atoms with Crippen LogP contribution in [0, 0.1) is 5.82 Å². The van der Waals surface area contributed by atoms with Gasteiger partial charge in [0, 0.05) is 19.5 Å². The van der Waals surface area contributed by atoms with Gasteiger partial charge in [-0.05, 0) is 43.0 Å². The molecule has 1 saturated heterocycles. The number of hydrogen-bond donors (Lipinski definition) is 0. The summed E-state index contributed by atoms with van der Waals surface area (Å²) in [5, 5.41) is 0.807. The summed E-state index contributed by atoms with van der Waals surface area (Å²) in [6, 6.07) is 9.66. The Hall–Kier alpha value is -2.11. The van der Waals surface area contributed by atoms with Gasteiger partial charge in [0.05, 0.1) is 21.1 Å². The molecule has 1 aliphatic rings. The second-order valence-electron chi connectivity index (χ2n) is 7.38. The van der Waals surface area contributed by atoms with Crippen LogP contribution in [-0.4, -0.2) is 33.4 Å². The summed E-state index contributed by atoms with van der Waals surface area (Å²) in [4.78, 5) is 19.9. The number of carbonyl (C=O) groups excluding carboxylic acids is 1. The Bertz CT molecular complexity index is 1060. The zero-order valence-corrected chi connectivity index (χ0v) is 17.7. The molecule has 0 radical (unpaired) electrons. The lowest BCUT2D eigenvalue weighted by molar-refractivity contribution is -0.133. The number of halogens is 3. The molecule has 4 rings (SSSR count). The Morgan fingerprint density at radius 2 is 1.86 bits per heavy atom. The zero-order chi connectivity index (χ0) is 20.5. The van der Waals surface area contributed by atoms with E-state index in [1.165, 1.54) is 6.07 Å². The number of imidazole rings is 1. The number of amides is 1. The summed E-state index contributed by atoms with van der Waals surface area (Å²) >= 11 is 12.5. The summed E-state index contributed by atoms with van der Waals surface area (Å²) in [5.41, 5.74) is 1.92. The van der Waals surface area contributed by atoms with Crippen LogP contribution in [0.4, 0.5) is 4.39 Å². The topological polar surface area (TPSA) is 38.1 Å². The number of likely N-dealkylation sites (tertiary alicyclic amines) is 1. The molecule has 1 fully saturated rings. The van der Waals surface area contributed by atoms with Crippen LogP contribution in [0.15, 0.2) is 36.4 Å². The maximum absolute atomic E-state index is 14.3. The van der Waals surface area contributed by atoms with E-state index in [-0.39, 0.29) is 18.1 Å².